The smallest absolute Gasteiger partial charge is 0.265 e. The number of hydrogen-bond donors (Lipinski definition) is 0. The molecule has 4 heteroatoms. The summed E-state index contributed by atoms with van der Waals surface area (Å²) in [4.78, 5) is 28.9. The van der Waals surface area contributed by atoms with Crippen molar-refractivity contribution in [2.45, 2.75) is 11.8 Å². The van der Waals surface area contributed by atoms with Crippen LogP contribution in [0.5, 0.6) is 0 Å². The summed E-state index contributed by atoms with van der Waals surface area (Å²) in [6.45, 7) is 1.94. The van der Waals surface area contributed by atoms with E-state index in [9.17, 15) is 9.59 Å². The Labute approximate surface area is 168 Å². The molecule has 3 aromatic rings. The van der Waals surface area contributed by atoms with E-state index in [2.05, 4.69) is 0 Å². The summed E-state index contributed by atoms with van der Waals surface area (Å²) in [6.07, 6.45) is 3.89. The van der Waals surface area contributed by atoms with E-state index in [1.807, 2.05) is 79.9 Å². The van der Waals surface area contributed by atoms with E-state index in [4.69, 9.17) is 0 Å². The topological polar surface area (TPSA) is 37.4 Å². The van der Waals surface area contributed by atoms with E-state index in [1.165, 1.54) is 4.90 Å². The lowest BCUT2D eigenvalue weighted by molar-refractivity contribution is -0.112. The van der Waals surface area contributed by atoms with Crippen LogP contribution in [0.25, 0.3) is 11.6 Å². The van der Waals surface area contributed by atoms with Crippen LogP contribution in [0.4, 0.5) is 5.69 Å². The molecule has 0 aromatic heterocycles. The molecule has 3 nitrogen and oxygen atoms in total. The highest BCUT2D eigenvalue weighted by molar-refractivity contribution is 7.98. The molecule has 28 heavy (non-hydrogen) atoms. The molecule has 0 fully saturated rings. The van der Waals surface area contributed by atoms with Gasteiger partial charge in [-0.3, -0.25) is 9.59 Å². The number of thioether (sulfide) groups is 1. The fourth-order valence-corrected chi connectivity index (χ4v) is 3.77. The Morgan fingerprint density at radius 1 is 0.821 bits per heavy atom. The number of benzene rings is 3. The van der Waals surface area contributed by atoms with Gasteiger partial charge in [-0.2, -0.15) is 0 Å². The van der Waals surface area contributed by atoms with Gasteiger partial charge in [-0.25, -0.2) is 4.90 Å². The van der Waals surface area contributed by atoms with Crippen LogP contribution in [0, 0.1) is 6.92 Å². The van der Waals surface area contributed by atoms with Crippen molar-refractivity contribution in [3.05, 3.63) is 95.1 Å². The van der Waals surface area contributed by atoms with Gasteiger partial charge in [0.25, 0.3) is 11.8 Å². The van der Waals surface area contributed by atoms with Crippen molar-refractivity contribution in [3.8, 4) is 0 Å². The molecule has 3 aromatic carbocycles. The molecule has 2 amide bonds. The first-order valence-electron chi connectivity index (χ1n) is 8.99. The van der Waals surface area contributed by atoms with Gasteiger partial charge in [-0.1, -0.05) is 42.5 Å². The maximum absolute atomic E-state index is 13.4. The van der Waals surface area contributed by atoms with E-state index < -0.39 is 0 Å². The highest BCUT2D eigenvalue weighted by atomic mass is 32.2. The summed E-state index contributed by atoms with van der Waals surface area (Å²) < 4.78 is 0. The van der Waals surface area contributed by atoms with Gasteiger partial charge in [-0.15, -0.1) is 11.8 Å². The molecular weight excluding hydrogens is 366 g/mol. The maximum atomic E-state index is 13.4. The van der Waals surface area contributed by atoms with Gasteiger partial charge >= 0.3 is 0 Å². The van der Waals surface area contributed by atoms with Crippen molar-refractivity contribution in [2.75, 3.05) is 11.2 Å². The summed E-state index contributed by atoms with van der Waals surface area (Å²) in [6, 6.07) is 22.8. The van der Waals surface area contributed by atoms with Crippen LogP contribution in [-0.2, 0) is 4.79 Å². The second-order valence-electron chi connectivity index (χ2n) is 6.66. The maximum Gasteiger partial charge on any atom is 0.265 e. The van der Waals surface area contributed by atoms with Crippen molar-refractivity contribution in [3.63, 3.8) is 0 Å². The Kier molecular flexibility index (Phi) is 4.88. The monoisotopic (exact) mass is 385 g/mol. The zero-order valence-corrected chi connectivity index (χ0v) is 16.5. The summed E-state index contributed by atoms with van der Waals surface area (Å²) in [7, 11) is 0. The first-order chi connectivity index (χ1) is 13.6. The predicted molar refractivity (Wildman–Crippen MR) is 116 cm³/mol. The molecule has 0 radical (unpaired) electrons. The van der Waals surface area contributed by atoms with Crippen molar-refractivity contribution in [1.29, 1.82) is 0 Å². The molecule has 0 atom stereocenters. The molecule has 1 heterocycles. The van der Waals surface area contributed by atoms with E-state index in [1.54, 1.807) is 23.9 Å². The lowest BCUT2D eigenvalue weighted by Crippen LogP contribution is -2.41. The Balaban J connectivity index is 1.87. The van der Waals surface area contributed by atoms with Crippen molar-refractivity contribution in [1.82, 2.24) is 0 Å². The number of nitrogens with zero attached hydrogens (tertiary/aromatic N) is 1. The molecule has 0 aliphatic carbocycles. The van der Waals surface area contributed by atoms with Gasteiger partial charge in [0.1, 0.15) is 0 Å². The normalized spacial score (nSPS) is 15.1. The molecule has 0 spiro atoms. The average Bonchev–Trinajstić information content (AvgIpc) is 2.72. The van der Waals surface area contributed by atoms with Gasteiger partial charge in [-0.05, 0) is 66.3 Å². The SMILES string of the molecule is CSc1ccc(C=C2C(=O)N(c3cccc(C)c3)C(=O)c3ccccc32)cc1. The first kappa shape index (κ1) is 18.3. The van der Waals surface area contributed by atoms with E-state index >= 15 is 0 Å². The van der Waals surface area contributed by atoms with E-state index in [0.717, 1.165) is 16.0 Å². The highest BCUT2D eigenvalue weighted by Gasteiger charge is 2.35. The van der Waals surface area contributed by atoms with Gasteiger partial charge in [0.15, 0.2) is 0 Å². The fraction of sp³-hybridized carbons (Fsp3) is 0.0833. The minimum atomic E-state index is -0.303. The minimum Gasteiger partial charge on any atom is -0.268 e. The number of carbonyl (C=O) groups is 2. The standard InChI is InChI=1S/C24H19NO2S/c1-16-6-5-7-18(14-16)25-23(26)21-9-4-3-8-20(21)22(24(25)27)15-17-10-12-19(28-2)13-11-17/h3-15H,1-2H3. The van der Waals surface area contributed by atoms with Crippen LogP contribution in [-0.4, -0.2) is 18.1 Å². The Bertz CT molecular complexity index is 1100. The second kappa shape index (κ2) is 7.49. The predicted octanol–water partition coefficient (Wildman–Crippen LogP) is 5.44. The van der Waals surface area contributed by atoms with Crippen LogP contribution >= 0.6 is 11.8 Å². The largest absolute Gasteiger partial charge is 0.268 e. The average molecular weight is 385 g/mol. The number of carbonyl (C=O) groups excluding carboxylic acids is 2. The number of anilines is 1. The molecule has 1 aliphatic heterocycles. The molecule has 0 saturated heterocycles. The van der Waals surface area contributed by atoms with Crippen LogP contribution in [0.15, 0.2) is 77.7 Å². The zero-order chi connectivity index (χ0) is 19.7. The minimum absolute atomic E-state index is 0.291. The number of hydrogen-bond acceptors (Lipinski definition) is 3. The quantitative estimate of drug-likeness (QED) is 0.342. The third-order valence-electron chi connectivity index (χ3n) is 4.77. The summed E-state index contributed by atoms with van der Waals surface area (Å²) in [5, 5.41) is 0. The summed E-state index contributed by atoms with van der Waals surface area (Å²) in [5.41, 5.74) is 4.25. The number of imide groups is 1. The van der Waals surface area contributed by atoms with Gasteiger partial charge in [0, 0.05) is 16.0 Å². The number of aryl methyl sites for hydroxylation is 1. The van der Waals surface area contributed by atoms with Gasteiger partial charge in [0.05, 0.1) is 5.69 Å². The fourth-order valence-electron chi connectivity index (χ4n) is 3.36. The van der Waals surface area contributed by atoms with E-state index in [-0.39, 0.29) is 11.8 Å². The molecule has 0 N–H and O–H groups in total. The van der Waals surface area contributed by atoms with Crippen LogP contribution in [0.1, 0.15) is 27.0 Å². The molecular formula is C24H19NO2S. The van der Waals surface area contributed by atoms with Gasteiger partial charge in [0.2, 0.25) is 0 Å². The molecule has 0 bridgehead atoms. The highest BCUT2D eigenvalue weighted by Crippen LogP contribution is 2.33. The second-order valence-corrected chi connectivity index (χ2v) is 7.54. The third-order valence-corrected chi connectivity index (χ3v) is 5.51. The Morgan fingerprint density at radius 3 is 2.21 bits per heavy atom. The lowest BCUT2D eigenvalue weighted by Gasteiger charge is -2.29. The number of fused-ring (bicyclic) bond motifs is 1. The lowest BCUT2D eigenvalue weighted by atomic mass is 9.91. The van der Waals surface area contributed by atoms with Gasteiger partial charge < -0.3 is 0 Å². The van der Waals surface area contributed by atoms with Crippen LogP contribution < -0.4 is 4.90 Å². The summed E-state index contributed by atoms with van der Waals surface area (Å²) in [5.74, 6) is -0.593. The zero-order valence-electron chi connectivity index (χ0n) is 15.7. The van der Waals surface area contributed by atoms with Crippen molar-refractivity contribution in [2.24, 2.45) is 0 Å². The Morgan fingerprint density at radius 2 is 1.54 bits per heavy atom. The summed E-state index contributed by atoms with van der Waals surface area (Å²) >= 11 is 1.67. The molecule has 1 aliphatic rings. The molecule has 4 rings (SSSR count). The molecule has 0 unspecified atom stereocenters. The third kappa shape index (κ3) is 3.27. The first-order valence-corrected chi connectivity index (χ1v) is 10.2. The molecule has 138 valence electrons. The van der Waals surface area contributed by atoms with Crippen molar-refractivity contribution >= 4 is 40.9 Å². The van der Waals surface area contributed by atoms with Crippen LogP contribution in [0.3, 0.4) is 0 Å². The van der Waals surface area contributed by atoms with Crippen LogP contribution in [0.2, 0.25) is 0 Å². The van der Waals surface area contributed by atoms with E-state index in [0.29, 0.717) is 22.4 Å². The number of amides is 2. The molecule has 0 saturated carbocycles. The Hall–Kier alpha value is -3.11. The van der Waals surface area contributed by atoms with Crippen molar-refractivity contribution < 1.29 is 9.59 Å². The number of rotatable bonds is 3.